The molecule has 4 heteroatoms. The van der Waals surface area contributed by atoms with E-state index in [0.29, 0.717) is 5.88 Å². The number of nitrogens with zero attached hydrogens (tertiary/aromatic N) is 2. The molecule has 0 unspecified atom stereocenters. The Morgan fingerprint density at radius 1 is 1.32 bits per heavy atom. The maximum Gasteiger partial charge on any atom is 0.111 e. The van der Waals surface area contributed by atoms with E-state index in [9.17, 15) is 0 Å². The maximum atomic E-state index is 5.88. The average molecular weight is 281 g/mol. The lowest BCUT2D eigenvalue weighted by atomic mass is 10.2. The second-order valence-electron chi connectivity index (χ2n) is 4.81. The molecular weight excluding hydrogens is 260 g/mol. The summed E-state index contributed by atoms with van der Waals surface area (Å²) in [5.41, 5.74) is 3.55. The number of ether oxygens (including phenoxy) is 1. The first-order chi connectivity index (χ1) is 9.26. The molecule has 0 saturated carbocycles. The zero-order valence-electron chi connectivity index (χ0n) is 11.7. The molecule has 2 aromatic rings. The van der Waals surface area contributed by atoms with E-state index >= 15 is 0 Å². The van der Waals surface area contributed by atoms with Gasteiger partial charge in [-0.3, -0.25) is 0 Å². The number of unbranched alkanes of at least 4 members (excludes halogenated alkanes) is 1. The first-order valence-electron chi connectivity index (χ1n) is 6.77. The van der Waals surface area contributed by atoms with Crippen LogP contribution in [-0.4, -0.2) is 29.1 Å². The van der Waals surface area contributed by atoms with Gasteiger partial charge in [0, 0.05) is 32.6 Å². The van der Waals surface area contributed by atoms with Gasteiger partial charge in [-0.05, 0) is 37.5 Å². The predicted octanol–water partition coefficient (Wildman–Crippen LogP) is 3.55. The molecule has 19 heavy (non-hydrogen) atoms. The Labute approximate surface area is 119 Å². The number of halogens is 1. The molecule has 0 radical (unpaired) electrons. The highest BCUT2D eigenvalue weighted by Crippen LogP contribution is 2.19. The second-order valence-corrected chi connectivity index (χ2v) is 5.19. The van der Waals surface area contributed by atoms with Crippen LogP contribution in [-0.2, 0) is 17.7 Å². The summed E-state index contributed by atoms with van der Waals surface area (Å²) in [5.74, 6) is 1.70. The van der Waals surface area contributed by atoms with E-state index in [2.05, 4.69) is 34.7 Å². The van der Waals surface area contributed by atoms with Crippen LogP contribution < -0.4 is 0 Å². The monoisotopic (exact) mass is 280 g/mol. The Morgan fingerprint density at radius 3 is 2.89 bits per heavy atom. The van der Waals surface area contributed by atoms with E-state index < -0.39 is 0 Å². The maximum absolute atomic E-state index is 5.88. The molecule has 2 rings (SSSR count). The van der Waals surface area contributed by atoms with Gasteiger partial charge in [-0.25, -0.2) is 4.98 Å². The van der Waals surface area contributed by atoms with Crippen molar-refractivity contribution < 1.29 is 4.74 Å². The van der Waals surface area contributed by atoms with Gasteiger partial charge in [-0.1, -0.05) is 6.07 Å². The number of aryl methyl sites for hydroxylation is 3. The summed E-state index contributed by atoms with van der Waals surface area (Å²) in [6.45, 7) is 3.91. The summed E-state index contributed by atoms with van der Waals surface area (Å²) >= 11 is 5.88. The lowest BCUT2D eigenvalue weighted by molar-refractivity contribution is 0.191. The Morgan fingerprint density at radius 2 is 2.16 bits per heavy atom. The van der Waals surface area contributed by atoms with Crippen molar-refractivity contribution in [3.63, 3.8) is 0 Å². The molecule has 1 aromatic heterocycles. The van der Waals surface area contributed by atoms with E-state index in [-0.39, 0.29) is 0 Å². The average Bonchev–Trinajstić information content (AvgIpc) is 2.73. The third-order valence-electron chi connectivity index (χ3n) is 3.28. The van der Waals surface area contributed by atoms with Crippen molar-refractivity contribution in [2.24, 2.45) is 0 Å². The third-order valence-corrected chi connectivity index (χ3v) is 3.47. The molecule has 0 atom stereocenters. The molecule has 0 fully saturated rings. The molecule has 0 aliphatic heterocycles. The molecule has 3 nitrogen and oxygen atoms in total. The van der Waals surface area contributed by atoms with E-state index in [1.54, 1.807) is 7.11 Å². The quantitative estimate of drug-likeness (QED) is 0.573. The van der Waals surface area contributed by atoms with Crippen molar-refractivity contribution in [1.29, 1.82) is 0 Å². The summed E-state index contributed by atoms with van der Waals surface area (Å²) in [6, 6.07) is 6.40. The summed E-state index contributed by atoms with van der Waals surface area (Å²) in [5, 5.41) is 0. The van der Waals surface area contributed by atoms with E-state index in [1.807, 2.05) is 0 Å². The van der Waals surface area contributed by atoms with Gasteiger partial charge in [0.15, 0.2) is 0 Å². The summed E-state index contributed by atoms with van der Waals surface area (Å²) in [4.78, 5) is 4.69. The fourth-order valence-corrected chi connectivity index (χ4v) is 2.49. The Kier molecular flexibility index (Phi) is 5.23. The van der Waals surface area contributed by atoms with Crippen LogP contribution in [0.5, 0.6) is 0 Å². The Hall–Kier alpha value is -1.06. The summed E-state index contributed by atoms with van der Waals surface area (Å²) < 4.78 is 7.41. The number of imidazole rings is 1. The number of hydrogen-bond donors (Lipinski definition) is 0. The smallest absolute Gasteiger partial charge is 0.111 e. The van der Waals surface area contributed by atoms with Crippen molar-refractivity contribution in [2.45, 2.75) is 32.7 Å². The van der Waals surface area contributed by atoms with Gasteiger partial charge in [0.2, 0.25) is 0 Å². The third kappa shape index (κ3) is 3.48. The van der Waals surface area contributed by atoms with Gasteiger partial charge >= 0.3 is 0 Å². The topological polar surface area (TPSA) is 27.1 Å². The van der Waals surface area contributed by atoms with Crippen molar-refractivity contribution in [3.8, 4) is 0 Å². The molecule has 0 saturated heterocycles. The molecule has 1 heterocycles. The molecule has 0 amide bonds. The first-order valence-corrected chi connectivity index (χ1v) is 7.30. The van der Waals surface area contributed by atoms with Crippen LogP contribution in [0.2, 0.25) is 0 Å². The number of aromatic nitrogens is 2. The van der Waals surface area contributed by atoms with Crippen molar-refractivity contribution >= 4 is 22.6 Å². The molecule has 1 aromatic carbocycles. The SMILES string of the molecule is COCCCCn1c(CCCl)nc2ccc(C)cc21. The molecule has 0 aliphatic rings. The zero-order valence-corrected chi connectivity index (χ0v) is 12.4. The standard InChI is InChI=1S/C15H21ClN2O/c1-12-5-6-13-14(11-12)18(9-3-4-10-19-2)15(17-13)7-8-16/h5-6,11H,3-4,7-10H2,1-2H3. The van der Waals surface area contributed by atoms with Crippen molar-refractivity contribution in [2.75, 3.05) is 19.6 Å². The van der Waals surface area contributed by atoms with Gasteiger partial charge in [-0.2, -0.15) is 0 Å². The predicted molar refractivity (Wildman–Crippen MR) is 80.0 cm³/mol. The minimum atomic E-state index is 0.611. The van der Waals surface area contributed by atoms with Gasteiger partial charge in [0.1, 0.15) is 5.82 Å². The van der Waals surface area contributed by atoms with Gasteiger partial charge in [0.25, 0.3) is 0 Å². The van der Waals surface area contributed by atoms with Crippen LogP contribution in [0, 0.1) is 6.92 Å². The van der Waals surface area contributed by atoms with E-state index in [1.165, 1.54) is 11.1 Å². The Balaban J connectivity index is 2.25. The van der Waals surface area contributed by atoms with Crippen molar-refractivity contribution in [1.82, 2.24) is 9.55 Å². The first kappa shape index (κ1) is 14.4. The van der Waals surface area contributed by atoms with Gasteiger partial charge < -0.3 is 9.30 Å². The largest absolute Gasteiger partial charge is 0.385 e. The number of benzene rings is 1. The van der Waals surface area contributed by atoms with Crippen molar-refractivity contribution in [3.05, 3.63) is 29.6 Å². The van der Waals surface area contributed by atoms with Crippen LogP contribution in [0.15, 0.2) is 18.2 Å². The molecule has 104 valence electrons. The highest BCUT2D eigenvalue weighted by atomic mass is 35.5. The second kappa shape index (κ2) is 6.92. The highest BCUT2D eigenvalue weighted by Gasteiger charge is 2.10. The minimum Gasteiger partial charge on any atom is -0.385 e. The molecular formula is C15H21ClN2O. The molecule has 0 bridgehead atoms. The van der Waals surface area contributed by atoms with E-state index in [4.69, 9.17) is 16.3 Å². The van der Waals surface area contributed by atoms with Crippen LogP contribution in [0.1, 0.15) is 24.2 Å². The fraction of sp³-hybridized carbons (Fsp3) is 0.533. The summed E-state index contributed by atoms with van der Waals surface area (Å²) in [7, 11) is 1.74. The normalized spacial score (nSPS) is 11.3. The van der Waals surface area contributed by atoms with Crippen LogP contribution in [0.25, 0.3) is 11.0 Å². The number of fused-ring (bicyclic) bond motifs is 1. The van der Waals surface area contributed by atoms with Crippen LogP contribution in [0.3, 0.4) is 0 Å². The van der Waals surface area contributed by atoms with Crippen LogP contribution >= 0.6 is 11.6 Å². The van der Waals surface area contributed by atoms with E-state index in [0.717, 1.165) is 43.8 Å². The van der Waals surface area contributed by atoms with Gasteiger partial charge in [-0.15, -0.1) is 11.6 Å². The fourth-order valence-electron chi connectivity index (χ4n) is 2.32. The lowest BCUT2D eigenvalue weighted by Gasteiger charge is -2.08. The minimum absolute atomic E-state index is 0.611. The molecule has 0 spiro atoms. The number of hydrogen-bond acceptors (Lipinski definition) is 2. The highest BCUT2D eigenvalue weighted by molar-refractivity contribution is 6.17. The lowest BCUT2D eigenvalue weighted by Crippen LogP contribution is -2.05. The summed E-state index contributed by atoms with van der Waals surface area (Å²) in [6.07, 6.45) is 2.99. The molecule has 0 aliphatic carbocycles. The van der Waals surface area contributed by atoms with Gasteiger partial charge in [0.05, 0.1) is 11.0 Å². The number of alkyl halides is 1. The van der Waals surface area contributed by atoms with Crippen LogP contribution in [0.4, 0.5) is 0 Å². The number of methoxy groups -OCH3 is 1. The molecule has 0 N–H and O–H groups in total. The Bertz CT molecular complexity index is 536. The number of rotatable bonds is 7. The zero-order chi connectivity index (χ0) is 13.7.